The molecule has 2 rings (SSSR count). The second kappa shape index (κ2) is 5.33. The highest BCUT2D eigenvalue weighted by Gasteiger charge is 2.35. The number of sulfonamides is 1. The first-order chi connectivity index (χ1) is 8.76. The lowest BCUT2D eigenvalue weighted by atomic mass is 10.1. The molecule has 1 aromatic heterocycles. The van der Waals surface area contributed by atoms with E-state index < -0.39 is 15.6 Å². The smallest absolute Gasteiger partial charge is 0.252 e. The number of hydrogen-bond donors (Lipinski definition) is 0. The summed E-state index contributed by atoms with van der Waals surface area (Å²) in [5, 5.41) is 0. The molecule has 0 aliphatic carbocycles. The molecule has 7 heteroatoms. The Hall–Kier alpha value is -0.140. The fraction of sp³-hybridized carbons (Fsp3) is 0.667. The Bertz CT molecular complexity index is 566. The molecular weight excluding hydrogens is 306 g/mol. The minimum atomic E-state index is -3.43. The highest BCUT2D eigenvalue weighted by Crippen LogP contribution is 2.31. The average molecular weight is 324 g/mol. The lowest BCUT2D eigenvalue weighted by molar-refractivity contribution is -0.0639. The molecule has 1 fully saturated rings. The maximum absolute atomic E-state index is 12.6. The molecule has 0 saturated carbocycles. The number of halogens is 1. The number of thiophene rings is 1. The first-order valence-electron chi connectivity index (χ1n) is 6.06. The highest BCUT2D eigenvalue weighted by molar-refractivity contribution is 7.91. The summed E-state index contributed by atoms with van der Waals surface area (Å²) in [6.45, 7) is 6.90. The third-order valence-corrected chi connectivity index (χ3v) is 7.06. The topological polar surface area (TPSA) is 46.6 Å². The van der Waals surface area contributed by atoms with Crippen LogP contribution in [0.5, 0.6) is 0 Å². The van der Waals surface area contributed by atoms with Crippen molar-refractivity contribution >= 4 is 33.0 Å². The van der Waals surface area contributed by atoms with E-state index in [1.165, 1.54) is 15.6 Å². The number of rotatable bonds is 3. The maximum atomic E-state index is 12.6. The molecule has 2 heterocycles. The molecule has 0 bridgehead atoms. The van der Waals surface area contributed by atoms with Crippen LogP contribution in [0.3, 0.4) is 0 Å². The van der Waals surface area contributed by atoms with Gasteiger partial charge >= 0.3 is 0 Å². The van der Waals surface area contributed by atoms with Gasteiger partial charge in [-0.2, -0.15) is 4.31 Å². The third-order valence-electron chi connectivity index (χ3n) is 3.10. The van der Waals surface area contributed by atoms with E-state index in [4.69, 9.17) is 16.3 Å². The number of nitrogens with zero attached hydrogens (tertiary/aromatic N) is 1. The molecule has 0 unspecified atom stereocenters. The molecule has 19 heavy (non-hydrogen) atoms. The van der Waals surface area contributed by atoms with Crippen LogP contribution in [0.25, 0.3) is 0 Å². The van der Waals surface area contributed by atoms with Gasteiger partial charge in [0.1, 0.15) is 4.21 Å². The van der Waals surface area contributed by atoms with Crippen LogP contribution in [0.15, 0.2) is 10.3 Å². The molecule has 108 valence electrons. The number of morpholine rings is 1. The van der Waals surface area contributed by atoms with Gasteiger partial charge in [0.05, 0.1) is 18.1 Å². The number of alkyl halides is 1. The van der Waals surface area contributed by atoms with Crippen molar-refractivity contribution in [2.24, 2.45) is 0 Å². The van der Waals surface area contributed by atoms with Gasteiger partial charge in [-0.3, -0.25) is 0 Å². The Morgan fingerprint density at radius 2 is 2.21 bits per heavy atom. The molecule has 1 saturated heterocycles. The van der Waals surface area contributed by atoms with Gasteiger partial charge in [0.25, 0.3) is 10.0 Å². The first-order valence-corrected chi connectivity index (χ1v) is 8.85. The van der Waals surface area contributed by atoms with Crippen LogP contribution < -0.4 is 0 Å². The number of hydrogen-bond acceptors (Lipinski definition) is 4. The van der Waals surface area contributed by atoms with Gasteiger partial charge < -0.3 is 4.74 Å². The first kappa shape index (κ1) is 15.3. The van der Waals surface area contributed by atoms with Crippen LogP contribution in [-0.4, -0.2) is 38.0 Å². The van der Waals surface area contributed by atoms with Crippen LogP contribution in [0.4, 0.5) is 0 Å². The second-order valence-corrected chi connectivity index (χ2v) is 8.82. The largest absolute Gasteiger partial charge is 0.373 e. The molecule has 0 radical (unpaired) electrons. The normalized spacial score (nSPS) is 20.6. The lowest BCUT2D eigenvalue weighted by Gasteiger charge is -2.37. The van der Waals surface area contributed by atoms with Gasteiger partial charge in [0.15, 0.2) is 0 Å². The Kier molecular flexibility index (Phi) is 4.28. The van der Waals surface area contributed by atoms with Crippen molar-refractivity contribution in [3.8, 4) is 0 Å². The van der Waals surface area contributed by atoms with Crippen molar-refractivity contribution in [2.45, 2.75) is 36.5 Å². The van der Waals surface area contributed by atoms with E-state index in [1.807, 2.05) is 20.8 Å². The van der Waals surface area contributed by atoms with Crippen LogP contribution in [0.1, 0.15) is 24.3 Å². The van der Waals surface area contributed by atoms with Gasteiger partial charge in [-0.1, -0.05) is 0 Å². The van der Waals surface area contributed by atoms with Crippen LogP contribution in [0.2, 0.25) is 0 Å². The van der Waals surface area contributed by atoms with E-state index in [2.05, 4.69) is 0 Å². The molecular formula is C12H18ClNO3S2. The minimum absolute atomic E-state index is 0.348. The van der Waals surface area contributed by atoms with Crippen molar-refractivity contribution in [3.63, 3.8) is 0 Å². The summed E-state index contributed by atoms with van der Waals surface area (Å²) in [5.74, 6) is 0.348. The fourth-order valence-electron chi connectivity index (χ4n) is 2.05. The quantitative estimate of drug-likeness (QED) is 0.803. The molecule has 4 nitrogen and oxygen atoms in total. The molecule has 1 aromatic rings. The van der Waals surface area contributed by atoms with Crippen LogP contribution >= 0.6 is 22.9 Å². The summed E-state index contributed by atoms with van der Waals surface area (Å²) in [4.78, 5) is 0.910. The standard InChI is InChI=1S/C12H18ClNO3S2/c1-9-6-11(18-10(9)7-13)19(15,16)14-4-5-17-12(2,3)8-14/h6H,4-5,7-8H2,1-3H3. The maximum Gasteiger partial charge on any atom is 0.252 e. The van der Waals surface area contributed by atoms with Crippen molar-refractivity contribution in [3.05, 3.63) is 16.5 Å². The van der Waals surface area contributed by atoms with Gasteiger partial charge in [0, 0.05) is 18.0 Å². The molecule has 0 spiro atoms. The summed E-state index contributed by atoms with van der Waals surface area (Å²) in [6.07, 6.45) is 0. The summed E-state index contributed by atoms with van der Waals surface area (Å²) in [6, 6.07) is 1.71. The van der Waals surface area contributed by atoms with Crippen LogP contribution in [0, 0.1) is 6.92 Å². The van der Waals surface area contributed by atoms with Crippen molar-refractivity contribution in [1.82, 2.24) is 4.31 Å². The second-order valence-electron chi connectivity index (χ2n) is 5.25. The van der Waals surface area contributed by atoms with Gasteiger partial charge in [0.2, 0.25) is 0 Å². The van der Waals surface area contributed by atoms with Crippen molar-refractivity contribution in [2.75, 3.05) is 19.7 Å². The summed E-state index contributed by atoms with van der Waals surface area (Å²) in [5.41, 5.74) is 0.499. The zero-order chi connectivity index (χ0) is 14.3. The summed E-state index contributed by atoms with van der Waals surface area (Å²) >= 11 is 7.07. The monoisotopic (exact) mass is 323 g/mol. The summed E-state index contributed by atoms with van der Waals surface area (Å²) < 4.78 is 32.6. The Morgan fingerprint density at radius 1 is 1.53 bits per heavy atom. The highest BCUT2D eigenvalue weighted by atomic mass is 35.5. The van der Waals surface area contributed by atoms with Gasteiger partial charge in [-0.25, -0.2) is 8.42 Å². The van der Waals surface area contributed by atoms with E-state index in [0.717, 1.165) is 10.4 Å². The van der Waals surface area contributed by atoms with Crippen LogP contribution in [-0.2, 0) is 20.6 Å². The Morgan fingerprint density at radius 3 is 2.74 bits per heavy atom. The predicted octanol–water partition coefficient (Wildman–Crippen LogP) is 2.59. The van der Waals surface area contributed by atoms with E-state index in [9.17, 15) is 8.42 Å². The van der Waals surface area contributed by atoms with E-state index in [0.29, 0.717) is 29.8 Å². The lowest BCUT2D eigenvalue weighted by Crippen LogP contribution is -2.50. The molecule has 0 aromatic carbocycles. The number of aryl methyl sites for hydroxylation is 1. The molecule has 0 atom stereocenters. The molecule has 0 amide bonds. The third kappa shape index (κ3) is 3.13. The molecule has 1 aliphatic rings. The van der Waals surface area contributed by atoms with E-state index in [1.54, 1.807) is 6.07 Å². The fourth-order valence-corrected chi connectivity index (χ4v) is 5.60. The zero-order valence-electron chi connectivity index (χ0n) is 11.3. The Labute approximate surface area is 123 Å². The summed E-state index contributed by atoms with van der Waals surface area (Å²) in [7, 11) is -3.43. The van der Waals surface area contributed by atoms with E-state index in [-0.39, 0.29) is 0 Å². The predicted molar refractivity (Wildman–Crippen MR) is 77.4 cm³/mol. The van der Waals surface area contributed by atoms with Crippen molar-refractivity contribution in [1.29, 1.82) is 0 Å². The Balaban J connectivity index is 2.31. The SMILES string of the molecule is Cc1cc(S(=O)(=O)N2CCOC(C)(C)C2)sc1CCl. The van der Waals surface area contributed by atoms with Gasteiger partial charge in [-0.15, -0.1) is 22.9 Å². The zero-order valence-corrected chi connectivity index (χ0v) is 13.7. The minimum Gasteiger partial charge on any atom is -0.373 e. The van der Waals surface area contributed by atoms with Gasteiger partial charge in [-0.05, 0) is 32.4 Å². The van der Waals surface area contributed by atoms with E-state index >= 15 is 0 Å². The van der Waals surface area contributed by atoms with Crippen molar-refractivity contribution < 1.29 is 13.2 Å². The molecule has 0 N–H and O–H groups in total. The molecule has 1 aliphatic heterocycles. The average Bonchev–Trinajstić information content (AvgIpc) is 2.70. The number of ether oxygens (including phenoxy) is 1.